The van der Waals surface area contributed by atoms with Crippen molar-refractivity contribution in [2.45, 2.75) is 51.6 Å². The van der Waals surface area contributed by atoms with Crippen LogP contribution in [0.1, 0.15) is 39.4 Å². The van der Waals surface area contributed by atoms with Gasteiger partial charge < -0.3 is 14.7 Å². The number of hydrogen-bond donors (Lipinski definition) is 1. The fourth-order valence-corrected chi connectivity index (χ4v) is 2.53. The summed E-state index contributed by atoms with van der Waals surface area (Å²) in [6.07, 6.45) is 2.90. The Hall–Kier alpha value is -1.92. The zero-order chi connectivity index (χ0) is 14.8. The van der Waals surface area contributed by atoms with Crippen LogP contribution in [-0.2, 0) is 16.0 Å². The maximum atomic E-state index is 12.7. The van der Waals surface area contributed by atoms with E-state index < -0.39 is 11.6 Å². The molecular weight excluding hydrogens is 260 g/mol. The molecule has 2 heterocycles. The minimum Gasteiger partial charge on any atom is -0.343 e. The second kappa shape index (κ2) is 5.60. The molecule has 0 saturated carbocycles. The van der Waals surface area contributed by atoms with Crippen molar-refractivity contribution in [1.29, 1.82) is 0 Å². The minimum atomic E-state index is -0.777. The maximum absolute atomic E-state index is 12.7. The third-order valence-electron chi connectivity index (χ3n) is 4.07. The summed E-state index contributed by atoms with van der Waals surface area (Å²) >= 11 is 0. The summed E-state index contributed by atoms with van der Waals surface area (Å²) in [5, 5.41) is 6.59. The van der Waals surface area contributed by atoms with Crippen molar-refractivity contribution in [1.82, 2.24) is 20.4 Å². The van der Waals surface area contributed by atoms with E-state index in [2.05, 4.69) is 20.0 Å². The Morgan fingerprint density at radius 3 is 2.65 bits per heavy atom. The Morgan fingerprint density at radius 1 is 1.40 bits per heavy atom. The van der Waals surface area contributed by atoms with E-state index in [1.165, 1.54) is 6.39 Å². The highest BCUT2D eigenvalue weighted by Gasteiger charge is 2.47. The van der Waals surface area contributed by atoms with Gasteiger partial charge in [-0.1, -0.05) is 19.0 Å². The number of aromatic nitrogens is 2. The largest absolute Gasteiger partial charge is 0.343 e. The molecule has 1 aliphatic rings. The smallest absolute Gasteiger partial charge is 0.248 e. The van der Waals surface area contributed by atoms with Gasteiger partial charge in [-0.3, -0.25) is 9.59 Å². The van der Waals surface area contributed by atoms with Crippen LogP contribution in [0.5, 0.6) is 0 Å². The third-order valence-corrected chi connectivity index (χ3v) is 4.07. The fourth-order valence-electron chi connectivity index (χ4n) is 2.53. The first kappa shape index (κ1) is 14.5. The van der Waals surface area contributed by atoms with Crippen molar-refractivity contribution >= 4 is 11.8 Å². The Balaban J connectivity index is 2.15. The molecule has 2 amide bonds. The molecule has 2 rings (SSSR count). The van der Waals surface area contributed by atoms with Gasteiger partial charge in [-0.2, -0.15) is 4.98 Å². The van der Waals surface area contributed by atoms with Crippen LogP contribution >= 0.6 is 0 Å². The Kier molecular flexibility index (Phi) is 4.06. The van der Waals surface area contributed by atoms with Crippen molar-refractivity contribution in [3.05, 3.63) is 12.2 Å². The second-order valence-corrected chi connectivity index (χ2v) is 5.05. The number of rotatable bonds is 5. The zero-order valence-electron chi connectivity index (χ0n) is 12.0. The molecule has 1 N–H and O–H groups in total. The van der Waals surface area contributed by atoms with E-state index in [0.717, 1.165) is 0 Å². The predicted octanol–water partition coefficient (Wildman–Crippen LogP) is 0.518. The summed E-state index contributed by atoms with van der Waals surface area (Å²) in [5.41, 5.74) is -0.777. The normalized spacial score (nSPS) is 21.9. The van der Waals surface area contributed by atoms with E-state index in [1.54, 1.807) is 11.8 Å². The fraction of sp³-hybridized carbons (Fsp3) is 0.692. The number of nitrogens with one attached hydrogen (secondary N) is 1. The van der Waals surface area contributed by atoms with Gasteiger partial charge in [0.25, 0.3) is 0 Å². The molecule has 1 aromatic heterocycles. The lowest BCUT2D eigenvalue weighted by molar-refractivity contribution is -0.154. The molecule has 7 nitrogen and oxygen atoms in total. The molecule has 1 aliphatic heterocycles. The molecule has 1 aromatic rings. The number of amides is 2. The van der Waals surface area contributed by atoms with Gasteiger partial charge >= 0.3 is 0 Å². The van der Waals surface area contributed by atoms with Gasteiger partial charge in [0.15, 0.2) is 5.82 Å². The van der Waals surface area contributed by atoms with Crippen molar-refractivity contribution in [3.63, 3.8) is 0 Å². The van der Waals surface area contributed by atoms with Crippen molar-refractivity contribution in [3.8, 4) is 0 Å². The van der Waals surface area contributed by atoms with Crippen LogP contribution in [0.15, 0.2) is 10.9 Å². The number of carbonyl (C=O) groups excluding carboxylic acids is 2. The van der Waals surface area contributed by atoms with Crippen molar-refractivity contribution in [2.75, 3.05) is 6.54 Å². The van der Waals surface area contributed by atoms with Gasteiger partial charge in [0.1, 0.15) is 11.6 Å². The third kappa shape index (κ3) is 2.39. The van der Waals surface area contributed by atoms with Crippen LogP contribution in [0.2, 0.25) is 0 Å². The minimum absolute atomic E-state index is 0.0295. The highest BCUT2D eigenvalue weighted by atomic mass is 16.5. The Morgan fingerprint density at radius 2 is 2.10 bits per heavy atom. The summed E-state index contributed by atoms with van der Waals surface area (Å²) in [6, 6.07) is -0.472. The molecule has 7 heteroatoms. The lowest BCUT2D eigenvalue weighted by Gasteiger charge is -2.44. The molecule has 1 atom stereocenters. The molecule has 110 valence electrons. The lowest BCUT2D eigenvalue weighted by atomic mass is 9.87. The van der Waals surface area contributed by atoms with E-state index in [1.807, 2.05) is 13.8 Å². The predicted molar refractivity (Wildman–Crippen MR) is 70.6 cm³/mol. The average Bonchev–Trinajstić information content (AvgIpc) is 2.96. The van der Waals surface area contributed by atoms with E-state index in [0.29, 0.717) is 31.6 Å². The SMILES string of the molecule is CCC1(CC)NC(=O)C(C)N(CCc2ncon2)C1=O. The number of piperazine rings is 1. The van der Waals surface area contributed by atoms with Crippen LogP contribution in [0.4, 0.5) is 0 Å². The summed E-state index contributed by atoms with van der Waals surface area (Å²) in [4.78, 5) is 30.3. The van der Waals surface area contributed by atoms with Gasteiger partial charge in [-0.15, -0.1) is 0 Å². The monoisotopic (exact) mass is 280 g/mol. The molecule has 1 unspecified atom stereocenters. The Bertz CT molecular complexity index is 482. The van der Waals surface area contributed by atoms with Crippen LogP contribution in [0, 0.1) is 0 Å². The molecule has 0 aromatic carbocycles. The zero-order valence-corrected chi connectivity index (χ0v) is 12.0. The summed E-state index contributed by atoms with van der Waals surface area (Å²) in [7, 11) is 0. The van der Waals surface area contributed by atoms with Crippen LogP contribution < -0.4 is 5.32 Å². The topological polar surface area (TPSA) is 88.3 Å². The van der Waals surface area contributed by atoms with E-state index in [4.69, 9.17) is 0 Å². The van der Waals surface area contributed by atoms with Crippen molar-refractivity contribution in [2.24, 2.45) is 0 Å². The second-order valence-electron chi connectivity index (χ2n) is 5.05. The van der Waals surface area contributed by atoms with Crippen LogP contribution in [-0.4, -0.2) is 45.0 Å². The molecule has 1 saturated heterocycles. The average molecular weight is 280 g/mol. The first-order chi connectivity index (χ1) is 9.54. The van der Waals surface area contributed by atoms with Crippen LogP contribution in [0.3, 0.4) is 0 Å². The molecule has 0 radical (unpaired) electrons. The van der Waals surface area contributed by atoms with Gasteiger partial charge in [0.05, 0.1) is 0 Å². The van der Waals surface area contributed by atoms with Gasteiger partial charge in [-0.05, 0) is 19.8 Å². The van der Waals surface area contributed by atoms with E-state index in [9.17, 15) is 9.59 Å². The summed E-state index contributed by atoms with van der Waals surface area (Å²) < 4.78 is 4.67. The molecule has 0 spiro atoms. The molecule has 20 heavy (non-hydrogen) atoms. The standard InChI is InChI=1S/C13H20N4O3/c1-4-13(5-2)12(19)17(9(3)11(18)15-13)7-6-10-14-8-20-16-10/h8-9H,4-7H2,1-3H3,(H,15,18). The molecular formula is C13H20N4O3. The molecule has 1 fully saturated rings. The first-order valence-electron chi connectivity index (χ1n) is 6.92. The van der Waals surface area contributed by atoms with Crippen LogP contribution in [0.25, 0.3) is 0 Å². The van der Waals surface area contributed by atoms with Crippen molar-refractivity contribution < 1.29 is 14.1 Å². The number of hydrogen-bond acceptors (Lipinski definition) is 5. The lowest BCUT2D eigenvalue weighted by Crippen LogP contribution is -2.69. The first-order valence-corrected chi connectivity index (χ1v) is 6.92. The number of nitrogens with zero attached hydrogens (tertiary/aromatic N) is 3. The molecule has 0 bridgehead atoms. The van der Waals surface area contributed by atoms with E-state index >= 15 is 0 Å². The van der Waals surface area contributed by atoms with Gasteiger partial charge in [0.2, 0.25) is 18.2 Å². The molecule has 0 aliphatic carbocycles. The number of carbonyl (C=O) groups is 2. The quantitative estimate of drug-likeness (QED) is 0.849. The van der Waals surface area contributed by atoms with Gasteiger partial charge in [-0.25, -0.2) is 0 Å². The highest BCUT2D eigenvalue weighted by molar-refractivity contribution is 5.99. The van der Waals surface area contributed by atoms with E-state index in [-0.39, 0.29) is 11.8 Å². The summed E-state index contributed by atoms with van der Waals surface area (Å²) in [6.45, 7) is 5.97. The maximum Gasteiger partial charge on any atom is 0.248 e. The van der Waals surface area contributed by atoms with Gasteiger partial charge in [0, 0.05) is 13.0 Å². The Labute approximate surface area is 117 Å². The highest BCUT2D eigenvalue weighted by Crippen LogP contribution is 2.25. The summed E-state index contributed by atoms with van der Waals surface area (Å²) in [5.74, 6) is 0.397.